The molecule has 122 valence electrons. The van der Waals surface area contributed by atoms with Crippen molar-refractivity contribution in [3.63, 3.8) is 0 Å². The average Bonchev–Trinajstić information content (AvgIpc) is 3.08. The lowest BCUT2D eigenvalue weighted by Gasteiger charge is -2.27. The first kappa shape index (κ1) is 15.7. The van der Waals surface area contributed by atoms with Crippen molar-refractivity contribution in [2.24, 2.45) is 0 Å². The van der Waals surface area contributed by atoms with Gasteiger partial charge >= 0.3 is 0 Å². The van der Waals surface area contributed by atoms with Crippen LogP contribution in [0.15, 0.2) is 12.1 Å². The molecule has 1 aliphatic heterocycles. The fraction of sp³-hybridized carbons (Fsp3) is 0.400. The minimum Gasteiger partial charge on any atom is -0.336 e. The van der Waals surface area contributed by atoms with Gasteiger partial charge in [-0.2, -0.15) is 5.10 Å². The molecule has 2 aromatic rings. The zero-order valence-corrected chi connectivity index (χ0v) is 13.8. The van der Waals surface area contributed by atoms with E-state index in [0.29, 0.717) is 24.4 Å². The first-order valence-corrected chi connectivity index (χ1v) is 8.14. The molecule has 0 spiro atoms. The van der Waals surface area contributed by atoms with Crippen LogP contribution in [-0.4, -0.2) is 38.2 Å². The van der Waals surface area contributed by atoms with E-state index in [1.807, 2.05) is 19.9 Å². The van der Waals surface area contributed by atoms with E-state index >= 15 is 0 Å². The van der Waals surface area contributed by atoms with Crippen molar-refractivity contribution in [2.75, 3.05) is 6.54 Å². The van der Waals surface area contributed by atoms with Crippen LogP contribution < -0.4 is 5.48 Å². The number of hydrogen-bond donors (Lipinski definition) is 2. The van der Waals surface area contributed by atoms with Gasteiger partial charge in [-0.05, 0) is 38.0 Å². The van der Waals surface area contributed by atoms with Crippen molar-refractivity contribution >= 4 is 23.2 Å². The zero-order valence-electron chi connectivity index (χ0n) is 13.0. The highest BCUT2D eigenvalue weighted by Gasteiger charge is 2.24. The van der Waals surface area contributed by atoms with Crippen molar-refractivity contribution in [1.29, 1.82) is 0 Å². The summed E-state index contributed by atoms with van der Waals surface area (Å²) in [5.74, 6) is -0.492. The number of carbonyl (C=O) groups is 2. The number of aryl methyl sites for hydroxylation is 2. The fourth-order valence-electron chi connectivity index (χ4n) is 2.76. The molecule has 1 aliphatic rings. The van der Waals surface area contributed by atoms with Crippen LogP contribution in [0.25, 0.3) is 0 Å². The molecule has 0 aromatic carbocycles. The normalized spacial score (nSPS) is 13.8. The molecule has 0 aliphatic carbocycles. The Morgan fingerprint density at radius 1 is 1.39 bits per heavy atom. The van der Waals surface area contributed by atoms with Crippen LogP contribution in [0.2, 0.25) is 0 Å². The van der Waals surface area contributed by atoms with Gasteiger partial charge in [0.2, 0.25) is 5.91 Å². The summed E-state index contributed by atoms with van der Waals surface area (Å²) in [5, 5.41) is 13.0. The second-order valence-corrected chi connectivity index (χ2v) is 6.79. The summed E-state index contributed by atoms with van der Waals surface area (Å²) >= 11 is 1.31. The second-order valence-electron chi connectivity index (χ2n) is 5.65. The fourth-order valence-corrected chi connectivity index (χ4v) is 3.88. The number of hydroxylamine groups is 1. The van der Waals surface area contributed by atoms with E-state index in [1.165, 1.54) is 11.3 Å². The van der Waals surface area contributed by atoms with Gasteiger partial charge < -0.3 is 4.90 Å². The lowest BCUT2D eigenvalue weighted by Crippen LogP contribution is -2.37. The maximum Gasteiger partial charge on any atom is 0.284 e. The van der Waals surface area contributed by atoms with Gasteiger partial charge in [0.25, 0.3) is 5.91 Å². The summed E-state index contributed by atoms with van der Waals surface area (Å²) in [6, 6.07) is 3.73. The van der Waals surface area contributed by atoms with E-state index in [9.17, 15) is 9.59 Å². The summed E-state index contributed by atoms with van der Waals surface area (Å²) in [6.07, 6.45) is 0.716. The third-order valence-corrected chi connectivity index (χ3v) is 5.11. The molecule has 0 fully saturated rings. The summed E-state index contributed by atoms with van der Waals surface area (Å²) in [6.45, 7) is 5.18. The van der Waals surface area contributed by atoms with Crippen LogP contribution in [-0.2, 0) is 24.3 Å². The molecule has 2 N–H and O–H groups in total. The van der Waals surface area contributed by atoms with Crippen molar-refractivity contribution in [3.05, 3.63) is 38.8 Å². The molecule has 2 aromatic heterocycles. The molecular weight excluding hydrogens is 316 g/mol. The van der Waals surface area contributed by atoms with Crippen molar-refractivity contribution in [2.45, 2.75) is 33.4 Å². The van der Waals surface area contributed by atoms with Crippen LogP contribution >= 0.6 is 11.3 Å². The lowest BCUT2D eigenvalue weighted by atomic mass is 10.1. The van der Waals surface area contributed by atoms with Crippen molar-refractivity contribution in [3.8, 4) is 0 Å². The Morgan fingerprint density at radius 3 is 2.83 bits per heavy atom. The molecular formula is C15H18N4O3S. The van der Waals surface area contributed by atoms with Crippen LogP contribution in [0.3, 0.4) is 0 Å². The van der Waals surface area contributed by atoms with Crippen molar-refractivity contribution in [1.82, 2.24) is 20.2 Å². The molecule has 0 saturated carbocycles. The number of amides is 2. The number of fused-ring (bicyclic) bond motifs is 1. The molecule has 0 radical (unpaired) electrons. The number of hydrogen-bond acceptors (Lipinski definition) is 5. The Labute approximate surface area is 137 Å². The molecule has 0 atom stereocenters. The van der Waals surface area contributed by atoms with Gasteiger partial charge in [0, 0.05) is 17.1 Å². The van der Waals surface area contributed by atoms with Gasteiger partial charge in [0.05, 0.1) is 17.1 Å². The highest BCUT2D eigenvalue weighted by molar-refractivity contribution is 7.14. The Balaban J connectivity index is 1.71. The second kappa shape index (κ2) is 6.13. The van der Waals surface area contributed by atoms with Gasteiger partial charge in [0.15, 0.2) is 0 Å². The quantitative estimate of drug-likeness (QED) is 0.653. The highest BCUT2D eigenvalue weighted by atomic mass is 32.1. The summed E-state index contributed by atoms with van der Waals surface area (Å²) in [5.41, 5.74) is 4.58. The summed E-state index contributed by atoms with van der Waals surface area (Å²) in [7, 11) is 0. The average molecular weight is 334 g/mol. The number of nitrogens with zero attached hydrogens (tertiary/aromatic N) is 3. The number of rotatable bonds is 3. The van der Waals surface area contributed by atoms with Gasteiger partial charge in [0.1, 0.15) is 6.54 Å². The van der Waals surface area contributed by atoms with E-state index in [0.717, 1.165) is 21.8 Å². The van der Waals surface area contributed by atoms with Crippen LogP contribution in [0.5, 0.6) is 0 Å². The number of nitrogens with one attached hydrogen (secondary N) is 1. The maximum atomic E-state index is 12.5. The van der Waals surface area contributed by atoms with E-state index in [2.05, 4.69) is 5.10 Å². The first-order chi connectivity index (χ1) is 11.0. The highest BCUT2D eigenvalue weighted by Crippen LogP contribution is 2.28. The van der Waals surface area contributed by atoms with E-state index in [1.54, 1.807) is 21.1 Å². The molecule has 3 rings (SSSR count). The van der Waals surface area contributed by atoms with E-state index in [4.69, 9.17) is 5.21 Å². The first-order valence-electron chi connectivity index (χ1n) is 7.32. The van der Waals surface area contributed by atoms with Crippen LogP contribution in [0, 0.1) is 13.8 Å². The third kappa shape index (κ3) is 3.13. The molecule has 23 heavy (non-hydrogen) atoms. The Hall–Kier alpha value is -2.19. The molecule has 8 heteroatoms. The van der Waals surface area contributed by atoms with E-state index in [-0.39, 0.29) is 12.5 Å². The van der Waals surface area contributed by atoms with Gasteiger partial charge in [-0.3, -0.25) is 19.5 Å². The standard InChI is InChI=1S/C15H18N4O3S/c1-9-5-10(2)19(16-9)8-14(20)18-4-3-11-6-12(15(21)17-22)23-13(11)7-18/h5-6,22H,3-4,7-8H2,1-2H3,(H,17,21). The van der Waals surface area contributed by atoms with Gasteiger partial charge in [-0.25, -0.2) is 5.48 Å². The monoisotopic (exact) mass is 334 g/mol. The third-order valence-electron chi connectivity index (χ3n) is 3.95. The molecule has 3 heterocycles. The molecule has 0 saturated heterocycles. The predicted molar refractivity (Wildman–Crippen MR) is 84.4 cm³/mol. The van der Waals surface area contributed by atoms with E-state index < -0.39 is 5.91 Å². The largest absolute Gasteiger partial charge is 0.336 e. The lowest BCUT2D eigenvalue weighted by molar-refractivity contribution is -0.132. The molecule has 2 amide bonds. The Bertz CT molecular complexity index is 765. The Kier molecular flexibility index (Phi) is 4.18. The number of thiophene rings is 1. The molecule has 0 unspecified atom stereocenters. The number of carbonyl (C=O) groups excluding carboxylic acids is 2. The Morgan fingerprint density at radius 2 is 2.17 bits per heavy atom. The summed E-state index contributed by atoms with van der Waals surface area (Å²) in [4.78, 5) is 27.2. The minimum absolute atomic E-state index is 0.0170. The van der Waals surface area contributed by atoms with Gasteiger partial charge in [-0.1, -0.05) is 0 Å². The van der Waals surface area contributed by atoms with Crippen molar-refractivity contribution < 1.29 is 14.8 Å². The molecule has 0 bridgehead atoms. The van der Waals surface area contributed by atoms with Crippen LogP contribution in [0.1, 0.15) is 31.5 Å². The zero-order chi connectivity index (χ0) is 16.6. The minimum atomic E-state index is -0.509. The topological polar surface area (TPSA) is 87.5 Å². The SMILES string of the molecule is Cc1cc(C)n(CC(=O)N2CCc3cc(C(=O)NO)sc3C2)n1. The predicted octanol–water partition coefficient (Wildman–Crippen LogP) is 1.27. The molecule has 7 nitrogen and oxygen atoms in total. The number of aromatic nitrogens is 2. The van der Waals surface area contributed by atoms with Gasteiger partial charge in [-0.15, -0.1) is 11.3 Å². The smallest absolute Gasteiger partial charge is 0.284 e. The summed E-state index contributed by atoms with van der Waals surface area (Å²) < 4.78 is 1.71. The maximum absolute atomic E-state index is 12.5. The van der Waals surface area contributed by atoms with Crippen LogP contribution in [0.4, 0.5) is 0 Å².